The fraction of sp³-hybridized carbons (Fsp3) is 0. The zero-order valence-electron chi connectivity index (χ0n) is 1.45. The van der Waals surface area contributed by atoms with Crippen LogP contribution >= 0.6 is 0 Å². The highest BCUT2D eigenvalue weighted by Gasteiger charge is 0.0814. The van der Waals surface area contributed by atoms with Gasteiger partial charge in [0.25, 0.3) is 0 Å². The Balaban J connectivity index is 0. The second kappa shape index (κ2) is 279. The lowest BCUT2D eigenvalue weighted by molar-refractivity contribution is 2.13. The Hall–Kier alpha value is 0.242. The zero-order valence-corrected chi connectivity index (χ0v) is 2.45. The van der Waals surface area contributed by atoms with Crippen LogP contribution in [0.4, 0.5) is 0 Å². The Morgan fingerprint density at radius 3 is 1.00 bits per heavy atom. The van der Waals surface area contributed by atoms with Crippen LogP contribution in [-0.4, -0.2) is 19.4 Å². The summed E-state index contributed by atoms with van der Waals surface area (Å²) in [6.07, 6.45) is 0. The summed E-state index contributed by atoms with van der Waals surface area (Å²) in [4.78, 5) is 0. The molecular formula is CH3BNSi. The van der Waals surface area contributed by atoms with Crippen LogP contribution in [0.15, 0.2) is 0 Å². The van der Waals surface area contributed by atoms with Crippen LogP contribution in [0, 0.1) is 7.43 Å². The number of hydrogen-bond donors (Lipinski definition) is 0. The second-order valence-corrected chi connectivity index (χ2v) is 0. The summed E-state index contributed by atoms with van der Waals surface area (Å²) in [5.41, 5.74) is 0. The van der Waals surface area contributed by atoms with Crippen LogP contribution < -0.4 is 6.15 Å². The molecule has 0 aliphatic heterocycles. The van der Waals surface area contributed by atoms with E-state index in [0.29, 0.717) is 0 Å². The molecule has 0 atom stereocenters. The van der Waals surface area contributed by atoms with Crippen molar-refractivity contribution in [1.82, 2.24) is 6.15 Å². The molecule has 0 aromatic rings. The van der Waals surface area contributed by atoms with Crippen LogP contribution in [0.3, 0.4) is 0 Å². The molecule has 0 fully saturated rings. The van der Waals surface area contributed by atoms with Crippen LogP contribution in [0.5, 0.6) is 0 Å². The van der Waals surface area contributed by atoms with Gasteiger partial charge in [0, 0.05) is 24.5 Å². The molecule has 0 bridgehead atoms. The molecule has 0 aromatic carbocycles. The summed E-state index contributed by atoms with van der Waals surface area (Å²) in [5, 5.41) is 0. The van der Waals surface area contributed by atoms with E-state index in [1.54, 1.807) is 0 Å². The van der Waals surface area contributed by atoms with Crippen molar-refractivity contribution in [1.29, 1.82) is 0 Å². The molecule has 0 heterocycles. The molecule has 0 amide bonds. The molecule has 0 saturated carbocycles. The van der Waals surface area contributed by atoms with Crippen molar-refractivity contribution in [3.8, 4) is 0 Å². The highest BCUT2D eigenvalue weighted by molar-refractivity contribution is 5.76. The molecule has 1 nitrogen and oxygen atoms in total. The van der Waals surface area contributed by atoms with E-state index in [-0.39, 0.29) is 33.0 Å². The lowest BCUT2D eigenvalue weighted by Crippen LogP contribution is -0.481. The van der Waals surface area contributed by atoms with E-state index < -0.39 is 0 Å². The van der Waals surface area contributed by atoms with Gasteiger partial charge in [-0.2, -0.15) is 0 Å². The van der Waals surface area contributed by atoms with E-state index in [9.17, 15) is 0 Å². The highest BCUT2D eigenvalue weighted by atomic mass is 28.1. The molecular weight excluding hydrogens is 64.9 g/mol. The van der Waals surface area contributed by atoms with Crippen molar-refractivity contribution in [2.75, 3.05) is 0 Å². The fourth-order valence-corrected chi connectivity index (χ4v) is 0. The van der Waals surface area contributed by atoms with Crippen molar-refractivity contribution < 1.29 is 0 Å². The maximum atomic E-state index is 0. The third-order valence-corrected chi connectivity index (χ3v) is 0. The third kappa shape index (κ3) is 59.1. The van der Waals surface area contributed by atoms with Crippen molar-refractivity contribution in [2.45, 2.75) is 0 Å². The van der Waals surface area contributed by atoms with Gasteiger partial charge in [-0.1, -0.05) is 0 Å². The van der Waals surface area contributed by atoms with Gasteiger partial charge in [0.05, 0.1) is 8.41 Å². The van der Waals surface area contributed by atoms with Gasteiger partial charge in [0.2, 0.25) is 0 Å². The fourth-order valence-electron chi connectivity index (χ4n) is 0. The monoisotopic (exact) mass is 68.0 g/mol. The van der Waals surface area contributed by atoms with Gasteiger partial charge < -0.3 is 0 Å². The average Bonchev–Trinajstić information content (AvgIpc) is 0. The highest BCUT2D eigenvalue weighted by Crippen LogP contribution is 0.0813. The number of rotatable bonds is 0. The molecule has 0 aliphatic rings. The van der Waals surface area contributed by atoms with Crippen molar-refractivity contribution in [3.05, 3.63) is 7.43 Å². The second-order valence-electron chi connectivity index (χ2n) is 0. The third-order valence-electron chi connectivity index (χ3n) is 0. The summed E-state index contributed by atoms with van der Waals surface area (Å²) in [5.74, 6) is 0. The summed E-state index contributed by atoms with van der Waals surface area (Å²) >= 11 is 0. The predicted molar refractivity (Wildman–Crippen MR) is 21.1 cm³/mol. The van der Waals surface area contributed by atoms with Crippen LogP contribution in [0.1, 0.15) is 0 Å². The van der Waals surface area contributed by atoms with Gasteiger partial charge in [0.1, 0.15) is 0 Å². The minimum Gasteiger partial charge on any atom is 0 e. The Kier molecular flexibility index (Phi) is 53100. The van der Waals surface area contributed by atoms with Gasteiger partial charge in [0.15, 0.2) is 0 Å². The standard InChI is InChI=1S/C.BH3.N.Si/h;1H3;;. The molecule has 0 rings (SSSR count). The SMILES string of the molecule is B.[C].[N].[Si]. The first-order chi connectivity index (χ1) is 0. The minimum atomic E-state index is 0. The van der Waals surface area contributed by atoms with E-state index in [1.165, 1.54) is 0 Å². The van der Waals surface area contributed by atoms with Gasteiger partial charge >= 0.3 is 0 Å². The molecule has 0 aromatic heterocycles. The summed E-state index contributed by atoms with van der Waals surface area (Å²) < 4.78 is 0. The molecule has 0 spiro atoms. The Bertz CT molecular complexity index is 8.00. The topological polar surface area (TPSA) is 30.5 Å². The Labute approximate surface area is 34.0 Å². The normalized spacial score (nSPS) is 0. The Morgan fingerprint density at radius 1 is 1.00 bits per heavy atom. The van der Waals surface area contributed by atoms with E-state index in [2.05, 4.69) is 0 Å². The molecule has 0 saturated heterocycles. The molecule has 3 heteroatoms. The van der Waals surface area contributed by atoms with Crippen molar-refractivity contribution in [3.63, 3.8) is 0 Å². The smallest absolute Gasteiger partial charge is 0 e. The molecule has 0 N–H and O–H groups in total. The quantitative estimate of drug-likeness (QED) is 0.295. The van der Waals surface area contributed by atoms with Crippen molar-refractivity contribution in [2.24, 2.45) is 0 Å². The molecule has 0 unspecified atom stereocenters. The van der Waals surface area contributed by atoms with Crippen LogP contribution in [0.2, 0.25) is 0 Å². The molecule has 4 heavy (non-hydrogen) atoms. The summed E-state index contributed by atoms with van der Waals surface area (Å²) in [6, 6.07) is 0. The first-order valence-electron chi connectivity index (χ1n) is 0. The van der Waals surface area contributed by atoms with Gasteiger partial charge in [-0.05, 0) is 0 Å². The molecule has 11 radical (unpaired) electrons. The van der Waals surface area contributed by atoms with Crippen LogP contribution in [-0.2, 0) is 0 Å². The number of nitrogens with zero attached hydrogens (tertiary/aromatic N) is 1. The first-order valence-corrected chi connectivity index (χ1v) is 0. The number of hydrogen-bond acceptors (Lipinski definition) is 0. The first kappa shape index (κ1) is 762. The summed E-state index contributed by atoms with van der Waals surface area (Å²) in [7, 11) is 0. The van der Waals surface area contributed by atoms with E-state index in [0.717, 1.165) is 0 Å². The lowest BCUT2D eigenvalue weighted by atomic mass is 10.8. The molecule has 19 valence electrons. The summed E-state index contributed by atoms with van der Waals surface area (Å²) in [6.45, 7) is 0. The van der Waals surface area contributed by atoms with Gasteiger partial charge in [-0.3, -0.25) is 0 Å². The van der Waals surface area contributed by atoms with E-state index >= 15 is 0 Å². The largest absolute Gasteiger partial charge is 0.0814 e. The van der Waals surface area contributed by atoms with Crippen molar-refractivity contribution >= 4 is 19.4 Å². The van der Waals surface area contributed by atoms with Gasteiger partial charge in [-0.25, -0.2) is 0 Å². The average molecular weight is 67.9 g/mol. The minimum absolute atomic E-state index is 0. The maximum Gasteiger partial charge on any atom is 0.0814 e. The molecule has 0 aliphatic carbocycles. The Morgan fingerprint density at radius 2 is 1.00 bits per heavy atom. The zero-order chi connectivity index (χ0) is 0. The van der Waals surface area contributed by atoms with E-state index in [1.807, 2.05) is 0 Å². The van der Waals surface area contributed by atoms with Crippen LogP contribution in [0.25, 0.3) is 0 Å². The van der Waals surface area contributed by atoms with E-state index in [4.69, 9.17) is 0 Å². The van der Waals surface area contributed by atoms with Gasteiger partial charge in [-0.15, -0.1) is 0 Å². The maximum absolute atomic E-state index is 0. The lowest BCUT2D eigenvalue weighted by Gasteiger charge is -0.00100. The predicted octanol–water partition coefficient (Wildman–Crippen LogP) is -1.96.